The van der Waals surface area contributed by atoms with Gasteiger partial charge in [0.25, 0.3) is 0 Å². The molecule has 10 heterocycles. The number of nitrogens with one attached hydrogen (secondary N) is 4. The van der Waals surface area contributed by atoms with Crippen molar-refractivity contribution in [1.82, 2.24) is 20.3 Å². The Bertz CT molecular complexity index is 2980. The molecule has 7 aliphatic rings. The minimum absolute atomic E-state index is 0.248. The molecule has 0 saturated heterocycles. The summed E-state index contributed by atoms with van der Waals surface area (Å²) in [6.07, 6.45) is 5.91. The molecule has 412 valence electrons. The number of fused-ring (bicyclic) bond motifs is 15. The van der Waals surface area contributed by atoms with Gasteiger partial charge in [-0.1, -0.05) is 196 Å². The molecule has 3 aromatic heterocycles. The van der Waals surface area contributed by atoms with E-state index in [4.69, 9.17) is 6.58 Å². The minimum Gasteiger partial charge on any atom is -0.387 e. The number of aromatic amines is 3. The largest absolute Gasteiger partial charge is 0.387 e. The predicted molar refractivity (Wildman–Crippen MR) is 372 cm³/mol. The van der Waals surface area contributed by atoms with Gasteiger partial charge in [0.1, 0.15) is 0 Å². The van der Waals surface area contributed by atoms with Crippen molar-refractivity contribution in [2.75, 3.05) is 35.3 Å². The monoisotopic (exact) mass is 1330 g/mol. The lowest BCUT2D eigenvalue weighted by Gasteiger charge is -2.33. The molecule has 0 amide bonds. The first-order chi connectivity index (χ1) is 36.3. The van der Waals surface area contributed by atoms with Crippen molar-refractivity contribution >= 4 is 200 Å². The molecule has 0 fully saturated rings. The number of hydrogen-bond acceptors (Lipinski definition) is 18. The van der Waals surface area contributed by atoms with Crippen LogP contribution in [0.5, 0.6) is 0 Å². The van der Waals surface area contributed by atoms with Crippen LogP contribution in [0.4, 0.5) is 0 Å². The van der Waals surface area contributed by atoms with E-state index in [0.717, 1.165) is 41.0 Å². The van der Waals surface area contributed by atoms with Gasteiger partial charge in [-0.25, -0.2) is 0 Å². The number of thioether (sulfide) groups is 17. The van der Waals surface area contributed by atoms with E-state index in [1.165, 1.54) is 147 Å². The Balaban J connectivity index is 1.13. The van der Waals surface area contributed by atoms with Gasteiger partial charge in [-0.15, -0.1) is 58.8 Å². The first-order valence-corrected chi connectivity index (χ1v) is 40.9. The van der Waals surface area contributed by atoms with Crippen LogP contribution in [0.2, 0.25) is 0 Å². The zero-order chi connectivity index (χ0) is 54.1. The third-order valence-corrected chi connectivity index (χ3v) is 39.3. The molecule has 7 aliphatic heterocycles. The second kappa shape index (κ2) is 25.0. The lowest BCUT2D eigenvalue weighted by Crippen LogP contribution is -2.38. The molecule has 4 N–H and O–H groups in total. The first-order valence-electron chi connectivity index (χ1n) is 26.2. The molecule has 0 aliphatic carbocycles. The lowest BCUT2D eigenvalue weighted by molar-refractivity contribution is 0.442. The summed E-state index contributed by atoms with van der Waals surface area (Å²) in [5.74, 6) is 5.78. The van der Waals surface area contributed by atoms with Gasteiger partial charge in [0, 0.05) is 102 Å². The highest BCUT2D eigenvalue weighted by Crippen LogP contribution is 2.71. The van der Waals surface area contributed by atoms with Gasteiger partial charge in [-0.3, -0.25) is 0 Å². The molecular weight excluding hydrogens is 1260 g/mol. The average molecular weight is 1330 g/mol. The second-order valence-corrected chi connectivity index (χ2v) is 42.2. The van der Waals surface area contributed by atoms with Crippen LogP contribution in [-0.4, -0.2) is 50.3 Å². The fourth-order valence-electron chi connectivity index (χ4n) is 9.18. The maximum Gasteiger partial charge on any atom is 0.0717 e. The van der Waals surface area contributed by atoms with E-state index < -0.39 is 16.2 Å². The zero-order valence-electron chi connectivity index (χ0n) is 45.9. The normalized spacial score (nSPS) is 22.6. The zero-order valence-corrected chi connectivity index (χ0v) is 59.8. The summed E-state index contributed by atoms with van der Waals surface area (Å²) in [4.78, 5) is 22.7. The summed E-state index contributed by atoms with van der Waals surface area (Å²) in [5, 5.41) is 4.02. The van der Waals surface area contributed by atoms with Crippen LogP contribution in [0.3, 0.4) is 0 Å². The van der Waals surface area contributed by atoms with E-state index in [1.54, 1.807) is 0 Å². The van der Waals surface area contributed by atoms with E-state index in [2.05, 4.69) is 164 Å². The topological polar surface area (TPSA) is 59.4 Å². The number of H-pyrrole nitrogens is 3. The summed E-state index contributed by atoms with van der Waals surface area (Å²) >= 11 is 34.4. The highest BCUT2D eigenvalue weighted by molar-refractivity contribution is 8.43. The van der Waals surface area contributed by atoms with Gasteiger partial charge >= 0.3 is 0 Å². The SMILES string of the molecule is C=C1NCC(C)(C)c2[nH]c(c3c2S/C(=C2\SC(C)=C(SCCC)S2)S3)C(C)(C)c2[nH]c(c3c2SC(=C2SC(SCCC)=C(SCCC)S2)S3)C(C)(C)c2[nH]c(c3c2SC(=C2SC(SCCC)=C(SCCC)S2)S3)C1(C)C. The van der Waals surface area contributed by atoms with Gasteiger partial charge < -0.3 is 20.3 Å². The third-order valence-electron chi connectivity index (χ3n) is 13.7. The number of rotatable bonds is 15. The second-order valence-electron chi connectivity index (χ2n) is 21.4. The fraction of sp³-hybridized carbons (Fsp3) is 0.527. The molecule has 0 spiro atoms. The Morgan fingerprint density at radius 2 is 0.632 bits per heavy atom. The lowest BCUT2D eigenvalue weighted by atomic mass is 9.84. The van der Waals surface area contributed by atoms with Crippen LogP contribution < -0.4 is 5.32 Å². The Kier molecular flexibility index (Phi) is 20.0. The van der Waals surface area contributed by atoms with Gasteiger partial charge in [0.2, 0.25) is 0 Å². The van der Waals surface area contributed by atoms with Crippen LogP contribution in [0.1, 0.15) is 163 Å². The summed E-state index contributed by atoms with van der Waals surface area (Å²) in [6.45, 7) is 39.1. The minimum atomic E-state index is -0.413. The van der Waals surface area contributed by atoms with Crippen LogP contribution >= 0.6 is 200 Å². The number of allylic oxidation sites excluding steroid dienone is 2. The van der Waals surface area contributed by atoms with Gasteiger partial charge in [0.05, 0.1) is 46.6 Å². The highest BCUT2D eigenvalue weighted by Gasteiger charge is 2.49. The van der Waals surface area contributed by atoms with Crippen molar-refractivity contribution in [3.05, 3.63) is 98.0 Å². The smallest absolute Gasteiger partial charge is 0.0717 e. The molecule has 0 radical (unpaired) electrons. The molecule has 21 heteroatoms. The molecule has 0 atom stereocenters. The van der Waals surface area contributed by atoms with Gasteiger partial charge in [-0.05, 0) is 109 Å². The van der Waals surface area contributed by atoms with Crippen LogP contribution in [0, 0.1) is 0 Å². The quantitative estimate of drug-likeness (QED) is 0.117. The van der Waals surface area contributed by atoms with Crippen LogP contribution in [0.25, 0.3) is 0 Å². The van der Waals surface area contributed by atoms with Crippen molar-refractivity contribution in [2.24, 2.45) is 0 Å². The van der Waals surface area contributed by atoms with E-state index in [0.29, 0.717) is 0 Å². The maximum atomic E-state index is 4.92. The number of hydrogen-bond donors (Lipinski definition) is 4. The van der Waals surface area contributed by atoms with Gasteiger partial charge in [-0.2, -0.15) is 0 Å². The fourth-order valence-corrected chi connectivity index (χ4v) is 34.5. The Labute approximate surface area is 527 Å². The average Bonchev–Trinajstić information content (AvgIpc) is 4.44. The first kappa shape index (κ1) is 60.9. The van der Waals surface area contributed by atoms with Crippen molar-refractivity contribution in [3.63, 3.8) is 0 Å². The molecule has 3 aromatic rings. The summed E-state index contributed by atoms with van der Waals surface area (Å²) < 4.78 is 16.1. The molecular formula is C55H70N4S17. The number of aromatic nitrogens is 3. The Hall–Kier alpha value is 1.77. The molecule has 6 bridgehead atoms. The summed E-state index contributed by atoms with van der Waals surface area (Å²) in [5.41, 5.74) is 7.37. The molecule has 0 aromatic carbocycles. The van der Waals surface area contributed by atoms with Crippen LogP contribution in [-0.2, 0) is 21.7 Å². The van der Waals surface area contributed by atoms with Crippen molar-refractivity contribution < 1.29 is 0 Å². The summed E-state index contributed by atoms with van der Waals surface area (Å²) in [6, 6.07) is 0. The van der Waals surface area contributed by atoms with Crippen LogP contribution in [0.15, 0.2) is 93.2 Å². The van der Waals surface area contributed by atoms with E-state index in [1.807, 2.05) is 153 Å². The standard InChI is InChI=1S/C55H70N4S17/c1-16-21-60-41-27(6)65-46(72-41)47-66-29-30(67-47)37-54(12,13)39-33-34(71-49(70-33)51-75-44(63-24-19-4)45(76-51)64-25-20-5)40(59-39)55(14,15)38-32-31(36(58-38)53(10,11)28(7)56-26-52(8,9)35(29)57-37)68-48(69-32)50-73-42(61-22-17-2)43(74-50)62-23-18-3/h56-59H,7,16-26H2,1-6,8-15H3/b47-46-. The molecule has 0 saturated carbocycles. The third kappa shape index (κ3) is 11.8. The van der Waals surface area contributed by atoms with Crippen molar-refractivity contribution in [1.29, 1.82) is 0 Å². The Morgan fingerprint density at radius 3 is 0.974 bits per heavy atom. The molecule has 10 rings (SSSR count). The Morgan fingerprint density at radius 1 is 0.368 bits per heavy atom. The molecule has 4 nitrogen and oxygen atoms in total. The van der Waals surface area contributed by atoms with E-state index in [-0.39, 0.29) is 5.41 Å². The highest BCUT2D eigenvalue weighted by atomic mass is 32.3. The summed E-state index contributed by atoms with van der Waals surface area (Å²) in [7, 11) is 0. The molecule has 0 unspecified atom stereocenters. The maximum absolute atomic E-state index is 4.92. The van der Waals surface area contributed by atoms with E-state index >= 15 is 0 Å². The van der Waals surface area contributed by atoms with Crippen molar-refractivity contribution in [3.8, 4) is 0 Å². The predicted octanol–water partition coefficient (Wildman–Crippen LogP) is 23.6. The molecule has 76 heavy (non-hydrogen) atoms. The van der Waals surface area contributed by atoms with E-state index in [9.17, 15) is 0 Å². The van der Waals surface area contributed by atoms with Crippen molar-refractivity contribution in [2.45, 2.75) is 180 Å². The van der Waals surface area contributed by atoms with Gasteiger partial charge in [0.15, 0.2) is 0 Å².